The average molecular weight is 567 g/mol. The van der Waals surface area contributed by atoms with Crippen LogP contribution < -0.4 is 0 Å². The molecule has 7 aromatic carbocycles. The van der Waals surface area contributed by atoms with Crippen molar-refractivity contribution in [1.29, 1.82) is 0 Å². The van der Waals surface area contributed by atoms with Crippen LogP contribution in [0.4, 0.5) is 0 Å². The first-order valence-corrected chi connectivity index (χ1v) is 15.6. The molecule has 202 valence electrons. The third kappa shape index (κ3) is 4.08. The van der Waals surface area contributed by atoms with Crippen LogP contribution in [0.3, 0.4) is 0 Å². The van der Waals surface area contributed by atoms with Crippen LogP contribution in [0.25, 0.3) is 71.6 Å². The average Bonchev–Trinajstić information content (AvgIpc) is 3.46. The van der Waals surface area contributed by atoms with Crippen molar-refractivity contribution in [1.82, 2.24) is 9.55 Å². The topological polar surface area (TPSA) is 17.8 Å². The number of hydrogen-bond acceptors (Lipinski definition) is 2. The number of benzene rings is 7. The monoisotopic (exact) mass is 566 g/mol. The molecule has 0 amide bonds. The minimum Gasteiger partial charge on any atom is -0.286 e. The molecular formula is C40H26N2S. The lowest BCUT2D eigenvalue weighted by molar-refractivity contribution is 0.896. The van der Waals surface area contributed by atoms with Gasteiger partial charge in [-0.1, -0.05) is 115 Å². The molecule has 2 nitrogen and oxygen atoms in total. The largest absolute Gasteiger partial charge is 0.286 e. The van der Waals surface area contributed by atoms with Crippen LogP contribution in [-0.4, -0.2) is 9.55 Å². The summed E-state index contributed by atoms with van der Waals surface area (Å²) in [6.45, 7) is 0. The summed E-state index contributed by atoms with van der Waals surface area (Å²) in [6.07, 6.45) is 0. The lowest BCUT2D eigenvalue weighted by atomic mass is 9.90. The van der Waals surface area contributed by atoms with Crippen LogP contribution in [-0.2, 0) is 5.75 Å². The van der Waals surface area contributed by atoms with E-state index in [0.29, 0.717) is 0 Å². The highest BCUT2D eigenvalue weighted by atomic mass is 32.2. The molecule has 3 heteroatoms. The SMILES string of the molecule is c1cc2c(c(-c3cc(-c4ccc5ccccc5c4)cc(-c4ccc5ccccc5c4)c3)c1)-n1c(nc3ccccc31)SC2. The van der Waals surface area contributed by atoms with Gasteiger partial charge in [0.05, 0.1) is 16.7 Å². The van der Waals surface area contributed by atoms with E-state index in [0.717, 1.165) is 21.9 Å². The number of rotatable bonds is 3. The summed E-state index contributed by atoms with van der Waals surface area (Å²) in [6, 6.07) is 53.1. The van der Waals surface area contributed by atoms with Gasteiger partial charge in [0, 0.05) is 11.3 Å². The third-order valence-corrected chi connectivity index (χ3v) is 9.63. The van der Waals surface area contributed by atoms with Crippen LogP contribution in [0.15, 0.2) is 151 Å². The highest BCUT2D eigenvalue weighted by molar-refractivity contribution is 7.98. The van der Waals surface area contributed by atoms with Crippen LogP contribution >= 0.6 is 11.8 Å². The summed E-state index contributed by atoms with van der Waals surface area (Å²) < 4.78 is 2.37. The van der Waals surface area contributed by atoms with Gasteiger partial charge in [0.1, 0.15) is 0 Å². The first kappa shape index (κ1) is 24.5. The fourth-order valence-electron chi connectivity index (χ4n) is 6.52. The number of para-hydroxylation sites is 3. The lowest BCUT2D eigenvalue weighted by Gasteiger charge is -2.23. The minimum atomic E-state index is 0.911. The van der Waals surface area contributed by atoms with Crippen molar-refractivity contribution in [3.63, 3.8) is 0 Å². The minimum absolute atomic E-state index is 0.911. The second-order valence-corrected chi connectivity index (χ2v) is 12.2. The number of thioether (sulfide) groups is 1. The van der Waals surface area contributed by atoms with Crippen molar-refractivity contribution in [3.05, 3.63) is 151 Å². The Morgan fingerprint density at radius 2 is 1.09 bits per heavy atom. The van der Waals surface area contributed by atoms with Crippen molar-refractivity contribution in [2.24, 2.45) is 0 Å². The molecule has 2 heterocycles. The van der Waals surface area contributed by atoms with Gasteiger partial charge in [0.2, 0.25) is 0 Å². The molecule has 43 heavy (non-hydrogen) atoms. The Morgan fingerprint density at radius 1 is 0.488 bits per heavy atom. The lowest BCUT2D eigenvalue weighted by Crippen LogP contribution is -2.07. The summed E-state index contributed by atoms with van der Waals surface area (Å²) in [4.78, 5) is 5.00. The predicted octanol–water partition coefficient (Wildman–Crippen LogP) is 10.9. The van der Waals surface area contributed by atoms with Gasteiger partial charge in [0.25, 0.3) is 0 Å². The molecule has 0 bridgehead atoms. The molecule has 0 unspecified atom stereocenters. The maximum atomic E-state index is 5.00. The Balaban J connectivity index is 1.31. The summed E-state index contributed by atoms with van der Waals surface area (Å²) in [5.41, 5.74) is 12.1. The van der Waals surface area contributed by atoms with Crippen LogP contribution in [0, 0.1) is 0 Å². The van der Waals surface area contributed by atoms with Crippen LogP contribution in [0.2, 0.25) is 0 Å². The maximum absolute atomic E-state index is 5.00. The standard InChI is InChI=1S/C40H26N2S/c1-3-10-28-20-30(18-16-26(28)8-1)33-22-34(31-19-17-27-9-2-4-11-29(27)21-31)24-35(23-33)36-13-7-12-32-25-43-40-41-37-14-5-6-15-38(37)42(40)39(32)36/h1-24H,25H2. The number of imidazole rings is 1. The van der Waals surface area contributed by atoms with Gasteiger partial charge in [0.15, 0.2) is 5.16 Å². The molecule has 8 aromatic rings. The Morgan fingerprint density at radius 3 is 1.79 bits per heavy atom. The zero-order valence-corrected chi connectivity index (χ0v) is 24.2. The predicted molar refractivity (Wildman–Crippen MR) is 182 cm³/mol. The molecule has 9 rings (SSSR count). The summed E-state index contributed by atoms with van der Waals surface area (Å²) >= 11 is 1.82. The molecule has 0 saturated heterocycles. The Bertz CT molecular complexity index is 2270. The molecule has 0 radical (unpaired) electrons. The quantitative estimate of drug-likeness (QED) is 0.212. The van der Waals surface area contributed by atoms with Crippen molar-refractivity contribution in [2.45, 2.75) is 10.9 Å². The Hall–Kier alpha value is -5.12. The van der Waals surface area contributed by atoms with E-state index < -0.39 is 0 Å². The van der Waals surface area contributed by atoms with Gasteiger partial charge >= 0.3 is 0 Å². The van der Waals surface area contributed by atoms with E-state index in [-0.39, 0.29) is 0 Å². The van der Waals surface area contributed by atoms with E-state index in [1.165, 1.54) is 66.2 Å². The zero-order chi connectivity index (χ0) is 28.3. The highest BCUT2D eigenvalue weighted by Crippen LogP contribution is 2.43. The van der Waals surface area contributed by atoms with Gasteiger partial charge < -0.3 is 0 Å². The summed E-state index contributed by atoms with van der Waals surface area (Å²) in [7, 11) is 0. The molecule has 1 aromatic heterocycles. The molecule has 0 fully saturated rings. The first-order valence-electron chi connectivity index (χ1n) is 14.6. The van der Waals surface area contributed by atoms with Crippen LogP contribution in [0.5, 0.6) is 0 Å². The fraction of sp³-hybridized carbons (Fsp3) is 0.0250. The smallest absolute Gasteiger partial charge is 0.174 e. The molecule has 1 aliphatic rings. The van der Waals surface area contributed by atoms with E-state index in [4.69, 9.17) is 4.98 Å². The molecule has 0 saturated carbocycles. The number of nitrogens with zero attached hydrogens (tertiary/aromatic N) is 2. The second-order valence-electron chi connectivity index (χ2n) is 11.2. The Labute approximate surface area is 254 Å². The number of aromatic nitrogens is 2. The van der Waals surface area contributed by atoms with E-state index >= 15 is 0 Å². The van der Waals surface area contributed by atoms with E-state index in [9.17, 15) is 0 Å². The molecule has 0 aliphatic carbocycles. The van der Waals surface area contributed by atoms with Crippen molar-refractivity contribution >= 4 is 44.3 Å². The second kappa shape index (κ2) is 9.72. The van der Waals surface area contributed by atoms with Crippen molar-refractivity contribution in [3.8, 4) is 39.1 Å². The van der Waals surface area contributed by atoms with Gasteiger partial charge in [-0.15, -0.1) is 0 Å². The van der Waals surface area contributed by atoms with Gasteiger partial charge in [-0.2, -0.15) is 0 Å². The first-order chi connectivity index (χ1) is 21.3. The van der Waals surface area contributed by atoms with E-state index in [1.807, 2.05) is 11.8 Å². The number of hydrogen-bond donors (Lipinski definition) is 0. The molecular weight excluding hydrogens is 541 g/mol. The Kier molecular flexibility index (Phi) is 5.53. The summed E-state index contributed by atoms with van der Waals surface area (Å²) in [5, 5.41) is 6.07. The van der Waals surface area contributed by atoms with Gasteiger partial charge in [-0.05, 0) is 97.4 Å². The fourth-order valence-corrected chi connectivity index (χ4v) is 7.52. The van der Waals surface area contributed by atoms with E-state index in [2.05, 4.69) is 150 Å². The molecule has 0 N–H and O–H groups in total. The van der Waals surface area contributed by atoms with Crippen molar-refractivity contribution < 1.29 is 0 Å². The zero-order valence-electron chi connectivity index (χ0n) is 23.4. The van der Waals surface area contributed by atoms with Crippen LogP contribution in [0.1, 0.15) is 5.56 Å². The van der Waals surface area contributed by atoms with Gasteiger partial charge in [-0.25, -0.2) is 4.98 Å². The summed E-state index contributed by atoms with van der Waals surface area (Å²) in [5.74, 6) is 0.911. The van der Waals surface area contributed by atoms with Crippen molar-refractivity contribution in [2.75, 3.05) is 0 Å². The van der Waals surface area contributed by atoms with E-state index in [1.54, 1.807) is 0 Å². The third-order valence-electron chi connectivity index (χ3n) is 8.64. The molecule has 1 aliphatic heterocycles. The molecule has 0 atom stereocenters. The highest BCUT2D eigenvalue weighted by Gasteiger charge is 2.24. The normalized spacial score (nSPS) is 12.5. The maximum Gasteiger partial charge on any atom is 0.174 e. The number of fused-ring (bicyclic) bond motifs is 7. The molecule has 0 spiro atoms. The van der Waals surface area contributed by atoms with Gasteiger partial charge in [-0.3, -0.25) is 4.57 Å².